The van der Waals surface area contributed by atoms with Crippen LogP contribution in [0, 0.1) is 11.8 Å². The third-order valence-electron chi connectivity index (χ3n) is 5.28. The van der Waals surface area contributed by atoms with Crippen LogP contribution in [-0.4, -0.2) is 47.0 Å². The van der Waals surface area contributed by atoms with Crippen LogP contribution in [0.2, 0.25) is 0 Å². The average Bonchev–Trinajstić information content (AvgIpc) is 3.33. The molecule has 7 nitrogen and oxygen atoms in total. The maximum absolute atomic E-state index is 12.9. The number of pyridine rings is 1. The van der Waals surface area contributed by atoms with Gasteiger partial charge in [0, 0.05) is 32.4 Å². The number of carbonyl (C=O) groups is 1. The maximum Gasteiger partial charge on any atom is 0.229 e. The van der Waals surface area contributed by atoms with Gasteiger partial charge >= 0.3 is 0 Å². The van der Waals surface area contributed by atoms with Crippen LogP contribution in [-0.2, 0) is 4.79 Å². The first-order valence-electron chi connectivity index (χ1n) is 9.24. The molecular formula is C19H24N6O. The van der Waals surface area contributed by atoms with E-state index in [1.165, 1.54) is 0 Å². The summed E-state index contributed by atoms with van der Waals surface area (Å²) < 4.78 is 0. The molecule has 2 aliphatic rings. The number of carbonyl (C=O) groups excluding carboxylic acids is 1. The summed E-state index contributed by atoms with van der Waals surface area (Å²) in [4.78, 5) is 30.2. The molecule has 7 heteroatoms. The van der Waals surface area contributed by atoms with Crippen molar-refractivity contribution in [3.05, 3.63) is 36.9 Å². The summed E-state index contributed by atoms with van der Waals surface area (Å²) in [6, 6.07) is 5.87. The summed E-state index contributed by atoms with van der Waals surface area (Å²) in [6.07, 6.45) is 7.36. The van der Waals surface area contributed by atoms with Crippen molar-refractivity contribution in [2.45, 2.75) is 19.8 Å². The molecule has 2 aliphatic heterocycles. The van der Waals surface area contributed by atoms with Gasteiger partial charge in [0.25, 0.3) is 0 Å². The van der Waals surface area contributed by atoms with Crippen molar-refractivity contribution in [2.75, 3.05) is 41.3 Å². The van der Waals surface area contributed by atoms with Crippen LogP contribution < -0.4 is 15.1 Å². The Bertz CT molecular complexity index is 762. The molecule has 2 saturated heterocycles. The number of nitrogens with zero attached hydrogens (tertiary/aromatic N) is 5. The van der Waals surface area contributed by atoms with Crippen LogP contribution >= 0.6 is 0 Å². The SMILES string of the molecule is C[C@@H]1CN(c2ccccn2)C[C@H]1C(=O)Nc1cncnc1N1CCCC1. The van der Waals surface area contributed by atoms with Gasteiger partial charge in [0.1, 0.15) is 17.8 Å². The minimum Gasteiger partial charge on any atom is -0.356 e. The first-order valence-corrected chi connectivity index (χ1v) is 9.24. The van der Waals surface area contributed by atoms with Gasteiger partial charge < -0.3 is 15.1 Å². The molecular weight excluding hydrogens is 328 g/mol. The predicted octanol–water partition coefficient (Wildman–Crippen LogP) is 2.18. The van der Waals surface area contributed by atoms with Gasteiger partial charge in [-0.2, -0.15) is 0 Å². The zero-order valence-electron chi connectivity index (χ0n) is 15.0. The van der Waals surface area contributed by atoms with Gasteiger partial charge in [-0.1, -0.05) is 13.0 Å². The van der Waals surface area contributed by atoms with Gasteiger partial charge in [-0.15, -0.1) is 0 Å². The quantitative estimate of drug-likeness (QED) is 0.909. The molecule has 136 valence electrons. The van der Waals surface area contributed by atoms with E-state index < -0.39 is 0 Å². The monoisotopic (exact) mass is 352 g/mol. The fourth-order valence-corrected chi connectivity index (χ4v) is 3.85. The first kappa shape index (κ1) is 16.8. The third kappa shape index (κ3) is 3.34. The molecule has 2 aromatic rings. The minimum atomic E-state index is -0.0800. The third-order valence-corrected chi connectivity index (χ3v) is 5.28. The Kier molecular flexibility index (Phi) is 4.69. The largest absolute Gasteiger partial charge is 0.356 e. The molecule has 0 radical (unpaired) electrons. The van der Waals surface area contributed by atoms with E-state index in [9.17, 15) is 4.79 Å². The molecule has 2 atom stereocenters. The second kappa shape index (κ2) is 7.27. The molecule has 26 heavy (non-hydrogen) atoms. The number of hydrogen-bond acceptors (Lipinski definition) is 6. The van der Waals surface area contributed by atoms with Gasteiger partial charge in [0.05, 0.1) is 12.1 Å². The Balaban J connectivity index is 1.47. The van der Waals surface area contributed by atoms with E-state index in [2.05, 4.69) is 37.0 Å². The van der Waals surface area contributed by atoms with Crippen LogP contribution in [0.3, 0.4) is 0 Å². The zero-order valence-corrected chi connectivity index (χ0v) is 15.0. The maximum atomic E-state index is 12.9. The predicted molar refractivity (Wildman–Crippen MR) is 101 cm³/mol. The van der Waals surface area contributed by atoms with Gasteiger partial charge in [0.15, 0.2) is 5.82 Å². The zero-order chi connectivity index (χ0) is 17.9. The molecule has 2 fully saturated rings. The Morgan fingerprint density at radius 2 is 2.00 bits per heavy atom. The topological polar surface area (TPSA) is 74.2 Å². The summed E-state index contributed by atoms with van der Waals surface area (Å²) in [5.41, 5.74) is 0.711. The van der Waals surface area contributed by atoms with Crippen molar-refractivity contribution in [1.29, 1.82) is 0 Å². The molecule has 0 aliphatic carbocycles. The summed E-state index contributed by atoms with van der Waals surface area (Å²) in [6.45, 7) is 5.59. The number of nitrogens with one attached hydrogen (secondary N) is 1. The molecule has 4 heterocycles. The first-order chi connectivity index (χ1) is 12.7. The van der Waals surface area contributed by atoms with E-state index in [-0.39, 0.29) is 17.7 Å². The number of amides is 1. The van der Waals surface area contributed by atoms with Crippen molar-refractivity contribution >= 4 is 23.2 Å². The molecule has 0 spiro atoms. The van der Waals surface area contributed by atoms with Crippen LogP contribution in [0.1, 0.15) is 19.8 Å². The summed E-state index contributed by atoms with van der Waals surface area (Å²) in [5.74, 6) is 1.97. The van der Waals surface area contributed by atoms with Gasteiger partial charge in [-0.25, -0.2) is 15.0 Å². The summed E-state index contributed by atoms with van der Waals surface area (Å²) in [7, 11) is 0. The van der Waals surface area contributed by atoms with E-state index in [4.69, 9.17) is 0 Å². The van der Waals surface area contributed by atoms with Crippen molar-refractivity contribution < 1.29 is 4.79 Å². The van der Waals surface area contributed by atoms with Gasteiger partial charge in [-0.05, 0) is 30.9 Å². The highest BCUT2D eigenvalue weighted by atomic mass is 16.2. The van der Waals surface area contributed by atoms with Gasteiger partial charge in [-0.3, -0.25) is 4.79 Å². The standard InChI is InChI=1S/C19H24N6O/c1-14-11-25(17-6-2-3-7-21-17)12-15(14)19(26)23-16-10-20-13-22-18(16)24-8-4-5-9-24/h2-3,6-7,10,13-15H,4-5,8-9,11-12H2,1H3,(H,23,26)/t14-,15-/m1/s1. The fraction of sp³-hybridized carbons (Fsp3) is 0.474. The lowest BCUT2D eigenvalue weighted by Crippen LogP contribution is -2.30. The van der Waals surface area contributed by atoms with Crippen molar-refractivity contribution in [2.24, 2.45) is 11.8 Å². The molecule has 0 saturated carbocycles. The van der Waals surface area contributed by atoms with Crippen molar-refractivity contribution in [3.63, 3.8) is 0 Å². The highest BCUT2D eigenvalue weighted by Crippen LogP contribution is 2.30. The molecule has 0 aromatic carbocycles. The lowest BCUT2D eigenvalue weighted by Gasteiger charge is -2.21. The lowest BCUT2D eigenvalue weighted by molar-refractivity contribution is -0.120. The Morgan fingerprint density at radius 3 is 2.77 bits per heavy atom. The van der Waals surface area contributed by atoms with Crippen molar-refractivity contribution in [1.82, 2.24) is 15.0 Å². The number of hydrogen-bond donors (Lipinski definition) is 1. The summed E-state index contributed by atoms with van der Waals surface area (Å²) in [5, 5.41) is 3.08. The lowest BCUT2D eigenvalue weighted by atomic mass is 9.97. The second-order valence-corrected chi connectivity index (χ2v) is 7.12. The van der Waals surface area contributed by atoms with Crippen molar-refractivity contribution in [3.8, 4) is 0 Å². The highest BCUT2D eigenvalue weighted by molar-refractivity contribution is 5.95. The normalized spacial score (nSPS) is 22.7. The summed E-state index contributed by atoms with van der Waals surface area (Å²) >= 11 is 0. The molecule has 0 unspecified atom stereocenters. The van der Waals surface area contributed by atoms with Gasteiger partial charge in [0.2, 0.25) is 5.91 Å². The average molecular weight is 352 g/mol. The number of aromatic nitrogens is 3. The Morgan fingerprint density at radius 1 is 1.15 bits per heavy atom. The molecule has 4 rings (SSSR count). The minimum absolute atomic E-state index is 0.0335. The van der Waals surface area contributed by atoms with Crippen LogP contribution in [0.5, 0.6) is 0 Å². The van der Waals surface area contributed by atoms with Crippen LogP contribution in [0.4, 0.5) is 17.3 Å². The molecule has 2 aromatic heterocycles. The second-order valence-electron chi connectivity index (χ2n) is 7.12. The van der Waals surface area contributed by atoms with E-state index in [0.29, 0.717) is 12.2 Å². The van der Waals surface area contributed by atoms with E-state index in [0.717, 1.165) is 44.1 Å². The Labute approximate surface area is 153 Å². The molecule has 0 bridgehead atoms. The Hall–Kier alpha value is -2.70. The van der Waals surface area contributed by atoms with Crippen LogP contribution in [0.15, 0.2) is 36.9 Å². The fourth-order valence-electron chi connectivity index (χ4n) is 3.85. The van der Waals surface area contributed by atoms with E-state index in [1.54, 1.807) is 18.7 Å². The van der Waals surface area contributed by atoms with E-state index >= 15 is 0 Å². The van der Waals surface area contributed by atoms with E-state index in [1.807, 2.05) is 18.2 Å². The van der Waals surface area contributed by atoms with Crippen LogP contribution in [0.25, 0.3) is 0 Å². The molecule has 1 amide bonds. The number of rotatable bonds is 4. The number of anilines is 3. The smallest absolute Gasteiger partial charge is 0.229 e. The molecule has 1 N–H and O–H groups in total. The highest BCUT2D eigenvalue weighted by Gasteiger charge is 2.35.